The maximum atomic E-state index is 10.6. The molecule has 0 amide bonds. The van der Waals surface area contributed by atoms with Crippen LogP contribution in [0, 0.1) is 0 Å². The predicted octanol–water partition coefficient (Wildman–Crippen LogP) is 0.296. The first-order chi connectivity index (χ1) is 7.65. The lowest BCUT2D eigenvalue weighted by Gasteiger charge is -2.29. The van der Waals surface area contributed by atoms with Crippen molar-refractivity contribution in [2.45, 2.75) is 25.4 Å². The van der Waals surface area contributed by atoms with Crippen LogP contribution in [-0.2, 0) is 6.54 Å². The summed E-state index contributed by atoms with van der Waals surface area (Å²) in [5, 5.41) is 12.2. The van der Waals surface area contributed by atoms with Crippen LogP contribution in [0.4, 0.5) is 0 Å². The Hall–Kier alpha value is -1.40. The summed E-state index contributed by atoms with van der Waals surface area (Å²) in [7, 11) is 0. The van der Waals surface area contributed by atoms with Crippen molar-refractivity contribution >= 4 is 5.97 Å². The van der Waals surface area contributed by atoms with Gasteiger partial charge in [-0.15, -0.1) is 0 Å². The number of rotatable bonds is 3. The number of carboxylic acids is 1. The van der Waals surface area contributed by atoms with E-state index < -0.39 is 5.97 Å². The molecule has 1 saturated heterocycles. The quantitative estimate of drug-likeness (QED) is 0.768. The fourth-order valence-corrected chi connectivity index (χ4v) is 1.94. The van der Waals surface area contributed by atoms with Crippen LogP contribution in [0.15, 0.2) is 10.6 Å². The van der Waals surface area contributed by atoms with Gasteiger partial charge in [-0.05, 0) is 19.4 Å². The van der Waals surface area contributed by atoms with E-state index in [0.29, 0.717) is 12.3 Å². The van der Waals surface area contributed by atoms with Crippen LogP contribution >= 0.6 is 0 Å². The Balaban J connectivity index is 1.95. The second-order valence-electron chi connectivity index (χ2n) is 4.12. The van der Waals surface area contributed by atoms with E-state index in [-0.39, 0.29) is 11.7 Å². The number of piperidine rings is 1. The fraction of sp³-hybridized carbons (Fsp3) is 0.600. The lowest BCUT2D eigenvalue weighted by atomic mass is 10.1. The summed E-state index contributed by atoms with van der Waals surface area (Å²) in [4.78, 5) is 12.8. The highest BCUT2D eigenvalue weighted by molar-refractivity contribution is 5.85. The molecule has 1 atom stereocenters. The summed E-state index contributed by atoms with van der Waals surface area (Å²) in [5.41, 5.74) is 5.81. The second kappa shape index (κ2) is 4.63. The third-order valence-electron chi connectivity index (χ3n) is 2.70. The topological polar surface area (TPSA) is 92.6 Å². The zero-order valence-electron chi connectivity index (χ0n) is 8.93. The number of likely N-dealkylation sites (tertiary alicyclic amines) is 1. The average molecular weight is 225 g/mol. The molecular weight excluding hydrogens is 210 g/mol. The number of nitrogens with two attached hydrogens (primary N) is 1. The molecule has 1 aromatic heterocycles. The number of aromatic nitrogens is 1. The third-order valence-corrected chi connectivity index (χ3v) is 2.70. The highest BCUT2D eigenvalue weighted by Gasteiger charge is 2.19. The fourth-order valence-electron chi connectivity index (χ4n) is 1.94. The molecule has 1 fully saturated rings. The maximum Gasteiger partial charge on any atom is 0.358 e. The smallest absolute Gasteiger partial charge is 0.358 e. The summed E-state index contributed by atoms with van der Waals surface area (Å²) >= 11 is 0. The van der Waals surface area contributed by atoms with Gasteiger partial charge in [-0.2, -0.15) is 0 Å². The van der Waals surface area contributed by atoms with Crippen LogP contribution in [0.1, 0.15) is 29.1 Å². The van der Waals surface area contributed by atoms with Gasteiger partial charge in [-0.1, -0.05) is 5.16 Å². The number of aromatic carboxylic acids is 1. The van der Waals surface area contributed by atoms with Crippen molar-refractivity contribution in [3.63, 3.8) is 0 Å². The van der Waals surface area contributed by atoms with Crippen LogP contribution in [0.5, 0.6) is 0 Å². The van der Waals surface area contributed by atoms with Gasteiger partial charge in [0.05, 0.1) is 6.54 Å². The minimum Gasteiger partial charge on any atom is -0.476 e. The maximum absolute atomic E-state index is 10.6. The van der Waals surface area contributed by atoms with Crippen LogP contribution in [-0.4, -0.2) is 40.3 Å². The predicted molar refractivity (Wildman–Crippen MR) is 55.9 cm³/mol. The van der Waals surface area contributed by atoms with Crippen molar-refractivity contribution in [2.75, 3.05) is 13.1 Å². The second-order valence-corrected chi connectivity index (χ2v) is 4.12. The molecule has 6 heteroatoms. The Morgan fingerprint density at radius 3 is 3.19 bits per heavy atom. The minimum absolute atomic E-state index is 0.0451. The van der Waals surface area contributed by atoms with E-state index in [0.717, 1.165) is 25.9 Å². The molecule has 0 aromatic carbocycles. The highest BCUT2D eigenvalue weighted by Crippen LogP contribution is 2.13. The number of hydrogen-bond donors (Lipinski definition) is 2. The first kappa shape index (κ1) is 11.1. The molecule has 0 saturated carbocycles. The lowest BCUT2D eigenvalue weighted by Crippen LogP contribution is -2.42. The molecule has 2 rings (SSSR count). The number of hydrogen-bond acceptors (Lipinski definition) is 5. The molecule has 1 aromatic rings. The largest absolute Gasteiger partial charge is 0.476 e. The molecule has 0 aliphatic carbocycles. The Labute approximate surface area is 93.0 Å². The van der Waals surface area contributed by atoms with E-state index in [2.05, 4.69) is 10.1 Å². The van der Waals surface area contributed by atoms with Gasteiger partial charge in [0, 0.05) is 18.7 Å². The van der Waals surface area contributed by atoms with E-state index >= 15 is 0 Å². The summed E-state index contributed by atoms with van der Waals surface area (Å²) in [6.45, 7) is 2.37. The summed E-state index contributed by atoms with van der Waals surface area (Å²) < 4.78 is 4.95. The van der Waals surface area contributed by atoms with Crippen LogP contribution in [0.25, 0.3) is 0 Å². The van der Waals surface area contributed by atoms with Crippen molar-refractivity contribution in [1.82, 2.24) is 10.1 Å². The number of carbonyl (C=O) groups is 1. The Kier molecular flexibility index (Phi) is 3.21. The number of carboxylic acid groups (broad SMARTS) is 1. The SMILES string of the molecule is NC1CCCN(Cc2cc(C(=O)O)no2)C1. The van der Waals surface area contributed by atoms with Crippen molar-refractivity contribution in [3.05, 3.63) is 17.5 Å². The van der Waals surface area contributed by atoms with E-state index in [1.807, 2.05) is 0 Å². The summed E-state index contributed by atoms with van der Waals surface area (Å²) in [6.07, 6.45) is 2.12. The monoisotopic (exact) mass is 225 g/mol. The molecule has 1 aliphatic rings. The van der Waals surface area contributed by atoms with Gasteiger partial charge in [0.1, 0.15) is 0 Å². The van der Waals surface area contributed by atoms with Gasteiger partial charge in [-0.25, -0.2) is 4.79 Å². The summed E-state index contributed by atoms with van der Waals surface area (Å²) in [5.74, 6) is -0.489. The average Bonchev–Trinajstić information content (AvgIpc) is 2.66. The molecule has 2 heterocycles. The first-order valence-corrected chi connectivity index (χ1v) is 5.32. The summed E-state index contributed by atoms with van der Waals surface area (Å²) in [6, 6.07) is 1.67. The van der Waals surface area contributed by atoms with Crippen molar-refractivity contribution in [1.29, 1.82) is 0 Å². The third kappa shape index (κ3) is 2.59. The Bertz CT molecular complexity index is 377. The van der Waals surface area contributed by atoms with Gasteiger partial charge in [0.2, 0.25) is 0 Å². The molecule has 1 unspecified atom stereocenters. The van der Waals surface area contributed by atoms with Gasteiger partial charge >= 0.3 is 5.97 Å². The van der Waals surface area contributed by atoms with Gasteiger partial charge in [-0.3, -0.25) is 4.90 Å². The van der Waals surface area contributed by atoms with Gasteiger partial charge < -0.3 is 15.4 Å². The van der Waals surface area contributed by atoms with Crippen molar-refractivity contribution in [2.24, 2.45) is 5.73 Å². The lowest BCUT2D eigenvalue weighted by molar-refractivity contribution is 0.0685. The molecule has 1 aliphatic heterocycles. The molecule has 0 spiro atoms. The molecule has 88 valence electrons. The molecule has 6 nitrogen and oxygen atoms in total. The van der Waals surface area contributed by atoms with E-state index in [1.165, 1.54) is 6.07 Å². The molecule has 16 heavy (non-hydrogen) atoms. The standard InChI is InChI=1S/C10H15N3O3/c11-7-2-1-3-13(5-7)6-8-4-9(10(14)15)12-16-8/h4,7H,1-3,5-6,11H2,(H,14,15). The first-order valence-electron chi connectivity index (χ1n) is 5.32. The van der Waals surface area contributed by atoms with E-state index in [4.69, 9.17) is 15.4 Å². The highest BCUT2D eigenvalue weighted by atomic mass is 16.5. The van der Waals surface area contributed by atoms with Crippen molar-refractivity contribution < 1.29 is 14.4 Å². The van der Waals surface area contributed by atoms with Crippen LogP contribution in [0.2, 0.25) is 0 Å². The Morgan fingerprint density at radius 2 is 2.56 bits per heavy atom. The van der Waals surface area contributed by atoms with E-state index in [1.54, 1.807) is 0 Å². The van der Waals surface area contributed by atoms with Crippen LogP contribution < -0.4 is 5.73 Å². The minimum atomic E-state index is -1.06. The van der Waals surface area contributed by atoms with Gasteiger partial charge in [0.15, 0.2) is 11.5 Å². The molecule has 3 N–H and O–H groups in total. The molecular formula is C10H15N3O3. The normalized spacial score (nSPS) is 22.2. The van der Waals surface area contributed by atoms with Crippen LogP contribution in [0.3, 0.4) is 0 Å². The zero-order valence-corrected chi connectivity index (χ0v) is 8.93. The molecule has 0 radical (unpaired) electrons. The zero-order chi connectivity index (χ0) is 11.5. The molecule has 0 bridgehead atoms. The van der Waals surface area contributed by atoms with E-state index in [9.17, 15) is 4.79 Å². The van der Waals surface area contributed by atoms with Gasteiger partial charge in [0.25, 0.3) is 0 Å². The number of nitrogens with zero attached hydrogens (tertiary/aromatic N) is 2. The Morgan fingerprint density at radius 1 is 1.75 bits per heavy atom. The van der Waals surface area contributed by atoms with Crippen molar-refractivity contribution in [3.8, 4) is 0 Å².